The third-order valence-electron chi connectivity index (χ3n) is 4.08. The summed E-state index contributed by atoms with van der Waals surface area (Å²) in [4.78, 5) is 20.6. The second-order valence-corrected chi connectivity index (χ2v) is 6.59. The maximum absolute atomic E-state index is 13.0. The van der Waals surface area contributed by atoms with Crippen LogP contribution in [-0.4, -0.2) is 46.9 Å². The number of hydrogen-bond donors (Lipinski definition) is 0. The average molecular weight is 333 g/mol. The molecule has 4 nitrogen and oxygen atoms in total. The van der Waals surface area contributed by atoms with Crippen LogP contribution in [-0.2, 0) is 11.3 Å². The minimum Gasteiger partial charge on any atom is -0.340 e. The third-order valence-corrected chi connectivity index (χ3v) is 4.91. The molecule has 1 saturated heterocycles. The Morgan fingerprint density at radius 3 is 2.57 bits per heavy atom. The van der Waals surface area contributed by atoms with Crippen LogP contribution < -0.4 is 0 Å². The van der Waals surface area contributed by atoms with E-state index in [0.717, 1.165) is 49.0 Å². The van der Waals surface area contributed by atoms with Crippen LogP contribution in [0.5, 0.6) is 0 Å². The molecule has 0 unspecified atom stereocenters. The van der Waals surface area contributed by atoms with Gasteiger partial charge in [0.25, 0.3) is 0 Å². The van der Waals surface area contributed by atoms with Gasteiger partial charge < -0.3 is 4.90 Å². The van der Waals surface area contributed by atoms with Crippen molar-refractivity contribution in [3.63, 3.8) is 0 Å². The smallest absolute Gasteiger partial charge is 0.222 e. The van der Waals surface area contributed by atoms with Crippen molar-refractivity contribution in [1.82, 2.24) is 14.8 Å². The van der Waals surface area contributed by atoms with Crippen molar-refractivity contribution < 1.29 is 9.18 Å². The first kappa shape index (κ1) is 16.1. The fraction of sp³-hybridized carbons (Fsp3) is 0.412. The van der Waals surface area contributed by atoms with Crippen LogP contribution in [0.2, 0.25) is 0 Å². The van der Waals surface area contributed by atoms with Crippen LogP contribution in [0, 0.1) is 5.82 Å². The minimum atomic E-state index is -0.233. The molecule has 1 aromatic heterocycles. The molecule has 3 rings (SSSR count). The molecule has 1 aliphatic heterocycles. The van der Waals surface area contributed by atoms with Crippen LogP contribution >= 0.6 is 11.3 Å². The molecule has 0 atom stereocenters. The molecule has 0 saturated carbocycles. The molecule has 0 N–H and O–H groups in total. The topological polar surface area (TPSA) is 36.4 Å². The summed E-state index contributed by atoms with van der Waals surface area (Å²) in [5.41, 5.74) is 1.83. The highest BCUT2D eigenvalue weighted by molar-refractivity contribution is 7.09. The summed E-state index contributed by atoms with van der Waals surface area (Å²) in [5.74, 6) is 0.00111. The zero-order valence-electron chi connectivity index (χ0n) is 13.2. The average Bonchev–Trinajstić information content (AvgIpc) is 3.04. The lowest BCUT2D eigenvalue weighted by atomic mass is 10.2. The second-order valence-electron chi connectivity index (χ2n) is 5.64. The largest absolute Gasteiger partial charge is 0.340 e. The Morgan fingerprint density at radius 1 is 1.22 bits per heavy atom. The molecule has 1 aromatic carbocycles. The molecule has 0 bridgehead atoms. The van der Waals surface area contributed by atoms with E-state index in [-0.39, 0.29) is 11.7 Å². The van der Waals surface area contributed by atoms with E-state index in [1.165, 1.54) is 12.1 Å². The van der Waals surface area contributed by atoms with Gasteiger partial charge in [0.1, 0.15) is 10.8 Å². The SMILES string of the molecule is CCC(=O)N1CCN(Cc2nc(-c3ccc(F)cc3)cs2)CC1. The van der Waals surface area contributed by atoms with Gasteiger partial charge in [-0.05, 0) is 24.3 Å². The maximum atomic E-state index is 13.0. The lowest BCUT2D eigenvalue weighted by Crippen LogP contribution is -2.48. The quantitative estimate of drug-likeness (QED) is 0.863. The van der Waals surface area contributed by atoms with Gasteiger partial charge in [-0.2, -0.15) is 0 Å². The van der Waals surface area contributed by atoms with Crippen molar-refractivity contribution in [2.24, 2.45) is 0 Å². The fourth-order valence-corrected chi connectivity index (χ4v) is 3.55. The first-order valence-electron chi connectivity index (χ1n) is 7.86. The molecule has 2 aromatic rings. The van der Waals surface area contributed by atoms with Crippen molar-refractivity contribution in [1.29, 1.82) is 0 Å². The van der Waals surface area contributed by atoms with Gasteiger partial charge in [0.2, 0.25) is 5.91 Å². The van der Waals surface area contributed by atoms with E-state index < -0.39 is 0 Å². The summed E-state index contributed by atoms with van der Waals surface area (Å²) < 4.78 is 13.0. The number of carbonyl (C=O) groups is 1. The number of rotatable bonds is 4. The van der Waals surface area contributed by atoms with Crippen LogP contribution in [0.15, 0.2) is 29.6 Å². The molecule has 1 amide bonds. The molecule has 122 valence electrons. The first-order chi connectivity index (χ1) is 11.2. The van der Waals surface area contributed by atoms with Crippen molar-refractivity contribution in [2.75, 3.05) is 26.2 Å². The molecule has 23 heavy (non-hydrogen) atoms. The van der Waals surface area contributed by atoms with Gasteiger partial charge in [0, 0.05) is 43.5 Å². The summed E-state index contributed by atoms with van der Waals surface area (Å²) in [6.45, 7) is 6.07. The van der Waals surface area contributed by atoms with Gasteiger partial charge in [0.15, 0.2) is 0 Å². The zero-order chi connectivity index (χ0) is 16.2. The molecule has 6 heteroatoms. The van der Waals surface area contributed by atoms with E-state index in [2.05, 4.69) is 9.88 Å². The number of aromatic nitrogens is 1. The molecule has 0 aliphatic carbocycles. The minimum absolute atomic E-state index is 0.233. The Labute approximate surface area is 139 Å². The normalized spacial score (nSPS) is 15.8. The van der Waals surface area contributed by atoms with Gasteiger partial charge in [-0.3, -0.25) is 9.69 Å². The highest BCUT2D eigenvalue weighted by Gasteiger charge is 2.20. The van der Waals surface area contributed by atoms with Crippen LogP contribution in [0.25, 0.3) is 11.3 Å². The number of halogens is 1. The lowest BCUT2D eigenvalue weighted by Gasteiger charge is -2.34. The number of hydrogen-bond acceptors (Lipinski definition) is 4. The fourth-order valence-electron chi connectivity index (χ4n) is 2.71. The summed E-state index contributed by atoms with van der Waals surface area (Å²) in [5, 5.41) is 3.07. The van der Waals surface area contributed by atoms with E-state index in [4.69, 9.17) is 0 Å². The highest BCUT2D eigenvalue weighted by atomic mass is 32.1. The first-order valence-corrected chi connectivity index (χ1v) is 8.74. The summed E-state index contributed by atoms with van der Waals surface area (Å²) in [6, 6.07) is 6.42. The van der Waals surface area contributed by atoms with Gasteiger partial charge in [-0.1, -0.05) is 6.92 Å². The van der Waals surface area contributed by atoms with Crippen LogP contribution in [0.3, 0.4) is 0 Å². The number of piperazine rings is 1. The number of amides is 1. The van der Waals surface area contributed by atoms with Crippen molar-refractivity contribution in [3.05, 3.63) is 40.5 Å². The van der Waals surface area contributed by atoms with Crippen LogP contribution in [0.4, 0.5) is 4.39 Å². The van der Waals surface area contributed by atoms with E-state index >= 15 is 0 Å². The Morgan fingerprint density at radius 2 is 1.91 bits per heavy atom. The number of thiazole rings is 1. The number of carbonyl (C=O) groups excluding carboxylic acids is 1. The monoisotopic (exact) mass is 333 g/mol. The molecular weight excluding hydrogens is 313 g/mol. The number of nitrogens with zero attached hydrogens (tertiary/aromatic N) is 3. The van der Waals surface area contributed by atoms with Crippen molar-refractivity contribution in [3.8, 4) is 11.3 Å². The van der Waals surface area contributed by atoms with Gasteiger partial charge in [0.05, 0.1) is 12.2 Å². The summed E-state index contributed by atoms with van der Waals surface area (Å²) in [6.07, 6.45) is 0.577. The van der Waals surface area contributed by atoms with Crippen LogP contribution in [0.1, 0.15) is 18.4 Å². The third kappa shape index (κ3) is 3.95. The molecule has 0 radical (unpaired) electrons. The predicted octanol–water partition coefficient (Wildman–Crippen LogP) is 3.00. The van der Waals surface area contributed by atoms with Gasteiger partial charge in [-0.15, -0.1) is 11.3 Å². The lowest BCUT2D eigenvalue weighted by molar-refractivity contribution is -0.132. The van der Waals surface area contributed by atoms with Gasteiger partial charge >= 0.3 is 0 Å². The molecule has 0 spiro atoms. The Balaban J connectivity index is 1.58. The highest BCUT2D eigenvalue weighted by Crippen LogP contribution is 2.23. The predicted molar refractivity (Wildman–Crippen MR) is 89.7 cm³/mol. The van der Waals surface area contributed by atoms with E-state index in [9.17, 15) is 9.18 Å². The Bertz CT molecular complexity index is 663. The van der Waals surface area contributed by atoms with E-state index in [1.807, 2.05) is 17.2 Å². The Kier molecular flexibility index (Phi) is 5.03. The van der Waals surface area contributed by atoms with Crippen molar-refractivity contribution in [2.45, 2.75) is 19.9 Å². The van der Waals surface area contributed by atoms with Crippen molar-refractivity contribution >= 4 is 17.2 Å². The molecule has 1 fully saturated rings. The summed E-state index contributed by atoms with van der Waals surface area (Å²) >= 11 is 1.63. The van der Waals surface area contributed by atoms with E-state index in [1.54, 1.807) is 23.5 Å². The van der Waals surface area contributed by atoms with Gasteiger partial charge in [-0.25, -0.2) is 9.37 Å². The Hall–Kier alpha value is -1.79. The molecular formula is C17H20FN3OS. The second kappa shape index (κ2) is 7.19. The maximum Gasteiger partial charge on any atom is 0.222 e. The molecule has 2 heterocycles. The zero-order valence-corrected chi connectivity index (χ0v) is 14.0. The summed E-state index contributed by atoms with van der Waals surface area (Å²) in [7, 11) is 0. The molecule has 1 aliphatic rings. The standard InChI is InChI=1S/C17H20FN3OS/c1-2-17(22)21-9-7-20(8-10-21)11-16-19-15(12-23-16)13-3-5-14(18)6-4-13/h3-6,12H,2,7-11H2,1H3. The van der Waals surface area contributed by atoms with E-state index in [0.29, 0.717) is 6.42 Å². The number of benzene rings is 1.